The van der Waals surface area contributed by atoms with E-state index in [1.54, 1.807) is 24.3 Å². The highest BCUT2D eigenvalue weighted by molar-refractivity contribution is 5.95. The average Bonchev–Trinajstić information content (AvgIpc) is 2.97. The highest BCUT2D eigenvalue weighted by Crippen LogP contribution is 2.14. The van der Waals surface area contributed by atoms with Gasteiger partial charge in [0.15, 0.2) is 0 Å². The first-order chi connectivity index (χ1) is 20.7. The van der Waals surface area contributed by atoms with Crippen molar-refractivity contribution in [2.24, 2.45) is 22.9 Å². The van der Waals surface area contributed by atoms with Crippen LogP contribution in [0.1, 0.15) is 94.6 Å². The van der Waals surface area contributed by atoms with E-state index in [9.17, 15) is 9.59 Å². The standard InChI is InChI=1S/C19H24N4O2.C13H27N3O2/c20-18(21)14-4-8-16(9-5-14)24-12-2-1-3-13-25-17-10-6-15(7-11-17)19(22)23;14-12(17)10-8-6-4-2-1-3-5-7-9-11-16-13(15)18/h4-11H,1-3,12-13H2,(H3,20,21)(H3,22,23);1-11H2,(H2,14,17)(H3,15,16,18). The molecular weight excluding hydrogens is 546 g/mol. The molecule has 11 nitrogen and oxygen atoms in total. The van der Waals surface area contributed by atoms with E-state index in [1.807, 2.05) is 24.3 Å². The van der Waals surface area contributed by atoms with Crippen LogP contribution in [0.4, 0.5) is 4.79 Å². The summed E-state index contributed by atoms with van der Waals surface area (Å²) >= 11 is 0. The number of nitrogens with one attached hydrogen (secondary N) is 3. The van der Waals surface area contributed by atoms with Crippen LogP contribution in [0.3, 0.4) is 0 Å². The Morgan fingerprint density at radius 3 is 1.30 bits per heavy atom. The lowest BCUT2D eigenvalue weighted by molar-refractivity contribution is -0.118. The summed E-state index contributed by atoms with van der Waals surface area (Å²) in [6.07, 6.45) is 13.7. The number of hydrogen-bond donors (Lipinski definition) is 7. The molecule has 0 saturated carbocycles. The molecule has 0 aromatic heterocycles. The minimum absolute atomic E-state index is 0.0579. The van der Waals surface area contributed by atoms with Crippen molar-refractivity contribution in [2.45, 2.75) is 83.5 Å². The highest BCUT2D eigenvalue weighted by Gasteiger charge is 2.00. The fraction of sp³-hybridized carbons (Fsp3) is 0.500. The zero-order valence-electron chi connectivity index (χ0n) is 25.4. The summed E-state index contributed by atoms with van der Waals surface area (Å²) in [6.45, 7) is 1.97. The number of unbranched alkanes of at least 4 members (excludes halogenated alkanes) is 10. The second kappa shape index (κ2) is 23.3. The van der Waals surface area contributed by atoms with Crippen LogP contribution in [0.2, 0.25) is 0 Å². The lowest BCUT2D eigenvalue weighted by Gasteiger charge is -2.08. The van der Waals surface area contributed by atoms with Crippen molar-refractivity contribution >= 4 is 23.6 Å². The third-order valence-electron chi connectivity index (χ3n) is 6.56. The fourth-order valence-corrected chi connectivity index (χ4v) is 4.10. The van der Waals surface area contributed by atoms with Gasteiger partial charge in [-0.05, 0) is 80.6 Å². The lowest BCUT2D eigenvalue weighted by Crippen LogP contribution is -2.29. The second-order valence-electron chi connectivity index (χ2n) is 10.3. The molecule has 238 valence electrons. The number of rotatable bonds is 22. The van der Waals surface area contributed by atoms with E-state index in [0.29, 0.717) is 37.3 Å². The number of carbonyl (C=O) groups is 2. The molecule has 2 rings (SSSR count). The molecule has 0 spiro atoms. The molecule has 11 N–H and O–H groups in total. The molecule has 0 radical (unpaired) electrons. The predicted octanol–water partition coefficient (Wildman–Crippen LogP) is 4.92. The molecule has 0 heterocycles. The van der Waals surface area contributed by atoms with Gasteiger partial charge in [0.2, 0.25) is 5.91 Å². The maximum Gasteiger partial charge on any atom is 0.312 e. The monoisotopic (exact) mass is 597 g/mol. The van der Waals surface area contributed by atoms with E-state index in [4.69, 9.17) is 43.2 Å². The van der Waals surface area contributed by atoms with Crippen molar-refractivity contribution in [1.29, 1.82) is 10.8 Å². The summed E-state index contributed by atoms with van der Waals surface area (Å²) in [5.74, 6) is 1.49. The van der Waals surface area contributed by atoms with Crippen LogP contribution in [-0.4, -0.2) is 43.4 Å². The molecule has 43 heavy (non-hydrogen) atoms. The molecule has 0 aliphatic carbocycles. The number of ether oxygens (including phenoxy) is 2. The molecule has 0 saturated heterocycles. The van der Waals surface area contributed by atoms with Crippen molar-refractivity contribution in [2.75, 3.05) is 19.8 Å². The van der Waals surface area contributed by atoms with E-state index in [2.05, 4.69) is 5.32 Å². The Balaban J connectivity index is 0.000000457. The molecule has 2 aromatic rings. The van der Waals surface area contributed by atoms with E-state index in [-0.39, 0.29) is 17.6 Å². The molecule has 0 bridgehead atoms. The van der Waals surface area contributed by atoms with Crippen molar-refractivity contribution in [3.8, 4) is 11.5 Å². The number of urea groups is 1. The number of nitrogen functional groups attached to an aromatic ring is 2. The summed E-state index contributed by atoms with van der Waals surface area (Å²) in [7, 11) is 0. The number of hydrogen-bond acceptors (Lipinski definition) is 6. The van der Waals surface area contributed by atoms with Gasteiger partial charge < -0.3 is 37.7 Å². The molecule has 0 aliphatic heterocycles. The summed E-state index contributed by atoms with van der Waals surface area (Å²) in [4.78, 5) is 20.9. The minimum Gasteiger partial charge on any atom is -0.494 e. The maximum atomic E-state index is 10.5. The molecule has 0 atom stereocenters. The SMILES string of the molecule is N=C(N)c1ccc(OCCCCCOc2ccc(C(=N)N)cc2)cc1.NC(=O)CCCCCCCCCCCNC(N)=O. The number of amides is 3. The Morgan fingerprint density at radius 2 is 0.930 bits per heavy atom. The molecule has 11 heteroatoms. The number of carbonyl (C=O) groups excluding carboxylic acids is 2. The predicted molar refractivity (Wildman–Crippen MR) is 173 cm³/mol. The van der Waals surface area contributed by atoms with E-state index in [0.717, 1.165) is 56.4 Å². The van der Waals surface area contributed by atoms with Crippen LogP contribution in [0, 0.1) is 10.8 Å². The molecule has 0 aliphatic rings. The van der Waals surface area contributed by atoms with Gasteiger partial charge in [0, 0.05) is 24.1 Å². The minimum atomic E-state index is -0.439. The van der Waals surface area contributed by atoms with E-state index < -0.39 is 6.03 Å². The number of amidine groups is 2. The zero-order valence-corrected chi connectivity index (χ0v) is 25.4. The van der Waals surface area contributed by atoms with E-state index in [1.165, 1.54) is 32.1 Å². The fourth-order valence-electron chi connectivity index (χ4n) is 4.10. The quantitative estimate of drug-likeness (QED) is 0.0567. The van der Waals surface area contributed by atoms with Gasteiger partial charge in [0.1, 0.15) is 23.2 Å². The first kappa shape index (κ1) is 36.7. The highest BCUT2D eigenvalue weighted by atomic mass is 16.5. The average molecular weight is 598 g/mol. The van der Waals surface area contributed by atoms with Gasteiger partial charge in [0.05, 0.1) is 13.2 Å². The zero-order chi connectivity index (χ0) is 31.7. The number of nitrogens with two attached hydrogens (primary N) is 4. The van der Waals surface area contributed by atoms with Gasteiger partial charge in [-0.3, -0.25) is 15.6 Å². The normalized spacial score (nSPS) is 10.2. The summed E-state index contributed by atoms with van der Waals surface area (Å²) in [6, 6.07) is 14.0. The van der Waals surface area contributed by atoms with Gasteiger partial charge in [-0.1, -0.05) is 44.9 Å². The lowest BCUT2D eigenvalue weighted by atomic mass is 10.1. The van der Waals surface area contributed by atoms with Crippen molar-refractivity contribution in [1.82, 2.24) is 5.32 Å². The van der Waals surface area contributed by atoms with Gasteiger partial charge in [-0.25, -0.2) is 4.79 Å². The van der Waals surface area contributed by atoms with Crippen molar-refractivity contribution < 1.29 is 19.1 Å². The Morgan fingerprint density at radius 1 is 0.558 bits per heavy atom. The van der Waals surface area contributed by atoms with Gasteiger partial charge >= 0.3 is 6.03 Å². The van der Waals surface area contributed by atoms with E-state index >= 15 is 0 Å². The third-order valence-corrected chi connectivity index (χ3v) is 6.56. The van der Waals surface area contributed by atoms with Crippen LogP contribution in [0.5, 0.6) is 11.5 Å². The molecular formula is C32H51N7O4. The van der Waals surface area contributed by atoms with Crippen LogP contribution < -0.4 is 37.7 Å². The summed E-state index contributed by atoms with van der Waals surface area (Å²) < 4.78 is 11.3. The topological polar surface area (TPSA) is 216 Å². The second-order valence-corrected chi connectivity index (χ2v) is 10.3. The largest absolute Gasteiger partial charge is 0.494 e. The van der Waals surface area contributed by atoms with Crippen LogP contribution in [0.15, 0.2) is 48.5 Å². The maximum absolute atomic E-state index is 10.5. The van der Waals surface area contributed by atoms with Gasteiger partial charge in [0.25, 0.3) is 0 Å². The number of benzene rings is 2. The van der Waals surface area contributed by atoms with Gasteiger partial charge in [-0.2, -0.15) is 0 Å². The molecule has 2 aromatic carbocycles. The Hall–Kier alpha value is -4.28. The van der Waals surface area contributed by atoms with Crippen molar-refractivity contribution in [3.05, 3.63) is 59.7 Å². The first-order valence-corrected chi connectivity index (χ1v) is 15.1. The van der Waals surface area contributed by atoms with Crippen LogP contribution >= 0.6 is 0 Å². The molecule has 3 amide bonds. The Kier molecular flexibility index (Phi) is 19.9. The summed E-state index contributed by atoms with van der Waals surface area (Å²) in [5.41, 5.74) is 22.2. The van der Waals surface area contributed by atoms with Gasteiger partial charge in [-0.15, -0.1) is 0 Å². The Bertz CT molecular complexity index is 991. The third kappa shape index (κ3) is 20.3. The number of primary amides is 2. The smallest absolute Gasteiger partial charge is 0.312 e. The Labute approximate surface area is 256 Å². The first-order valence-electron chi connectivity index (χ1n) is 15.1. The molecule has 0 fully saturated rings. The van der Waals surface area contributed by atoms with Crippen LogP contribution in [-0.2, 0) is 4.79 Å². The molecule has 0 unspecified atom stereocenters. The summed E-state index contributed by atoms with van der Waals surface area (Å²) in [5, 5.41) is 17.3. The van der Waals surface area contributed by atoms with Crippen molar-refractivity contribution in [3.63, 3.8) is 0 Å². The van der Waals surface area contributed by atoms with Crippen LogP contribution in [0.25, 0.3) is 0 Å².